The highest BCUT2D eigenvalue weighted by Gasteiger charge is 2.57. The van der Waals surface area contributed by atoms with Crippen LogP contribution in [0.3, 0.4) is 0 Å². The number of thiazole rings is 1. The molecule has 0 atom stereocenters. The van der Waals surface area contributed by atoms with Gasteiger partial charge in [0, 0.05) is 29.8 Å². The molecule has 1 N–H and O–H groups in total. The Labute approximate surface area is 156 Å². The minimum Gasteiger partial charge on any atom is -0.356 e. The Bertz CT molecular complexity index is 934. The van der Waals surface area contributed by atoms with Crippen LogP contribution in [0.2, 0.25) is 0 Å². The fraction of sp³-hybridized carbons (Fsp3) is 0.450. The minimum atomic E-state index is 0.0424. The summed E-state index contributed by atoms with van der Waals surface area (Å²) < 4.78 is 0. The molecule has 2 aliphatic heterocycles. The van der Waals surface area contributed by atoms with Crippen molar-refractivity contribution in [1.29, 1.82) is 0 Å². The maximum absolute atomic E-state index is 12.9. The lowest BCUT2D eigenvalue weighted by molar-refractivity contribution is -0.128. The number of anilines is 1. The number of aromatic nitrogens is 1. The van der Waals surface area contributed by atoms with Crippen LogP contribution in [0.4, 0.5) is 5.13 Å². The van der Waals surface area contributed by atoms with Gasteiger partial charge in [0.2, 0.25) is 0 Å². The topological polar surface area (TPSA) is 57.6 Å². The van der Waals surface area contributed by atoms with E-state index in [0.29, 0.717) is 17.8 Å². The highest BCUT2D eigenvalue weighted by molar-refractivity contribution is 7.15. The van der Waals surface area contributed by atoms with Crippen LogP contribution in [0.25, 0.3) is 0 Å². The Hall–Kier alpha value is -2.21. The molecule has 1 aromatic heterocycles. The van der Waals surface area contributed by atoms with Gasteiger partial charge in [-0.2, -0.15) is 0 Å². The van der Waals surface area contributed by atoms with Crippen LogP contribution in [0, 0.1) is 5.92 Å². The van der Waals surface area contributed by atoms with E-state index >= 15 is 0 Å². The molecular formula is C20H20N4OS. The average molecular weight is 364 g/mol. The van der Waals surface area contributed by atoms with Gasteiger partial charge < -0.3 is 10.2 Å². The van der Waals surface area contributed by atoms with E-state index in [1.807, 2.05) is 23.1 Å². The van der Waals surface area contributed by atoms with E-state index < -0.39 is 0 Å². The van der Waals surface area contributed by atoms with Gasteiger partial charge in [-0.25, -0.2) is 9.98 Å². The highest BCUT2D eigenvalue weighted by atomic mass is 32.1. The summed E-state index contributed by atoms with van der Waals surface area (Å²) in [5.41, 5.74) is 4.19. The third kappa shape index (κ3) is 2.18. The zero-order valence-corrected chi connectivity index (χ0v) is 15.3. The number of rotatable bonds is 3. The van der Waals surface area contributed by atoms with Crippen molar-refractivity contribution in [2.45, 2.75) is 44.2 Å². The van der Waals surface area contributed by atoms with Crippen LogP contribution >= 0.6 is 11.3 Å². The summed E-state index contributed by atoms with van der Waals surface area (Å²) in [6.45, 7) is 1.38. The lowest BCUT2D eigenvalue weighted by Crippen LogP contribution is -2.63. The van der Waals surface area contributed by atoms with Gasteiger partial charge in [0.25, 0.3) is 5.91 Å². The number of hydrogen-bond acceptors (Lipinski definition) is 5. The van der Waals surface area contributed by atoms with Crippen LogP contribution in [0.5, 0.6) is 0 Å². The van der Waals surface area contributed by atoms with Crippen molar-refractivity contribution in [2.75, 3.05) is 11.9 Å². The summed E-state index contributed by atoms with van der Waals surface area (Å²) >= 11 is 1.73. The molecule has 0 radical (unpaired) electrons. The Morgan fingerprint density at radius 3 is 3.00 bits per heavy atom. The lowest BCUT2D eigenvalue weighted by atomic mass is 9.50. The number of fused-ring (bicyclic) bond motifs is 2. The normalized spacial score (nSPS) is 30.4. The van der Waals surface area contributed by atoms with Crippen LogP contribution in [-0.2, 0) is 17.8 Å². The second kappa shape index (κ2) is 5.16. The molecule has 0 saturated heterocycles. The number of hydrogen-bond donors (Lipinski definition) is 1. The second-order valence-corrected chi connectivity index (χ2v) is 9.18. The zero-order chi connectivity index (χ0) is 17.3. The summed E-state index contributed by atoms with van der Waals surface area (Å²) in [6.07, 6.45) is 13.6. The molecule has 4 aliphatic carbocycles. The van der Waals surface area contributed by atoms with E-state index in [1.165, 1.54) is 29.8 Å². The maximum Gasteiger partial charge on any atom is 0.272 e. The number of aliphatic imine (C=N–C) groups is 1. The van der Waals surface area contributed by atoms with Crippen LogP contribution in [0.1, 0.15) is 36.3 Å². The molecule has 6 aliphatic rings. The van der Waals surface area contributed by atoms with Crippen molar-refractivity contribution in [2.24, 2.45) is 10.9 Å². The number of carbonyl (C=O) groups excluding carboxylic acids is 1. The van der Waals surface area contributed by atoms with Crippen molar-refractivity contribution < 1.29 is 4.79 Å². The molecule has 3 heterocycles. The van der Waals surface area contributed by atoms with Crippen LogP contribution in [0.15, 0.2) is 40.6 Å². The first-order valence-electron chi connectivity index (χ1n) is 9.40. The Morgan fingerprint density at radius 1 is 1.35 bits per heavy atom. The molecule has 1 amide bonds. The summed E-state index contributed by atoms with van der Waals surface area (Å²) in [7, 11) is 0. The van der Waals surface area contributed by atoms with Gasteiger partial charge >= 0.3 is 0 Å². The number of carbonyl (C=O) groups is 1. The van der Waals surface area contributed by atoms with E-state index in [0.717, 1.165) is 41.7 Å². The largest absolute Gasteiger partial charge is 0.356 e. The quantitative estimate of drug-likeness (QED) is 0.896. The molecule has 2 bridgehead atoms. The third-order valence-electron chi connectivity index (χ3n) is 6.25. The Kier molecular flexibility index (Phi) is 2.96. The standard InChI is InChI=1S/C20H20N4OS/c25-18(16-7-13-3-1-2-4-14(13)21-16)24-6-5-15-17(11-24)26-19(22-15)23-20-8-12(9-20)10-20/h1-3,7,12H,4-6,8-11H2,(H,22,23). The first kappa shape index (κ1) is 14.9. The molecule has 26 heavy (non-hydrogen) atoms. The highest BCUT2D eigenvalue weighted by Crippen LogP contribution is 2.58. The van der Waals surface area contributed by atoms with Crippen LogP contribution < -0.4 is 5.32 Å². The summed E-state index contributed by atoms with van der Waals surface area (Å²) in [5, 5.41) is 4.71. The van der Waals surface area contributed by atoms with E-state index in [1.54, 1.807) is 11.3 Å². The fourth-order valence-electron chi connectivity index (χ4n) is 4.68. The van der Waals surface area contributed by atoms with E-state index in [4.69, 9.17) is 4.98 Å². The number of nitrogens with one attached hydrogen (secondary N) is 1. The van der Waals surface area contributed by atoms with E-state index in [-0.39, 0.29) is 5.91 Å². The summed E-state index contributed by atoms with van der Waals surface area (Å²) in [4.78, 5) is 25.4. The minimum absolute atomic E-state index is 0.0424. The molecule has 1 aromatic rings. The lowest BCUT2D eigenvalue weighted by Gasteiger charge is -2.61. The van der Waals surface area contributed by atoms with Crippen molar-refractivity contribution >= 4 is 28.1 Å². The predicted molar refractivity (Wildman–Crippen MR) is 102 cm³/mol. The molecule has 132 valence electrons. The van der Waals surface area contributed by atoms with Gasteiger partial charge in [-0.15, -0.1) is 0 Å². The Morgan fingerprint density at radius 2 is 2.23 bits per heavy atom. The summed E-state index contributed by atoms with van der Waals surface area (Å²) in [6, 6.07) is 0. The SMILES string of the molecule is O=C(C1=CC2=CC=CCC2=N1)N1CCc2nc(NC34CC(C3)C4)sc2C1. The van der Waals surface area contributed by atoms with Crippen LogP contribution in [-0.4, -0.2) is 33.6 Å². The third-order valence-corrected chi connectivity index (χ3v) is 7.25. The second-order valence-electron chi connectivity index (χ2n) is 8.09. The maximum atomic E-state index is 12.9. The number of allylic oxidation sites excluding steroid dienone is 5. The molecule has 7 rings (SSSR count). The molecule has 5 nitrogen and oxygen atoms in total. The smallest absolute Gasteiger partial charge is 0.272 e. The fourth-order valence-corrected chi connectivity index (χ4v) is 5.83. The molecule has 0 aromatic carbocycles. The molecule has 0 unspecified atom stereocenters. The van der Waals surface area contributed by atoms with Gasteiger partial charge in [-0.1, -0.05) is 29.6 Å². The van der Waals surface area contributed by atoms with E-state index in [9.17, 15) is 4.79 Å². The zero-order valence-electron chi connectivity index (χ0n) is 14.5. The average Bonchev–Trinajstić information content (AvgIpc) is 3.18. The molecule has 6 heteroatoms. The molecule has 3 fully saturated rings. The van der Waals surface area contributed by atoms with Gasteiger partial charge in [0.15, 0.2) is 5.13 Å². The van der Waals surface area contributed by atoms with Crippen molar-refractivity contribution in [1.82, 2.24) is 9.88 Å². The molecular weight excluding hydrogens is 344 g/mol. The monoisotopic (exact) mass is 364 g/mol. The van der Waals surface area contributed by atoms with Crippen molar-refractivity contribution in [3.8, 4) is 0 Å². The first-order valence-corrected chi connectivity index (χ1v) is 10.2. The Balaban J connectivity index is 1.18. The van der Waals surface area contributed by atoms with E-state index in [2.05, 4.69) is 16.4 Å². The van der Waals surface area contributed by atoms with Crippen molar-refractivity contribution in [3.05, 3.63) is 46.1 Å². The summed E-state index contributed by atoms with van der Waals surface area (Å²) in [5.74, 6) is 1.00. The first-order chi connectivity index (χ1) is 12.7. The van der Waals surface area contributed by atoms with Gasteiger partial charge in [-0.05, 0) is 36.8 Å². The molecule has 3 saturated carbocycles. The van der Waals surface area contributed by atoms with Gasteiger partial charge in [0.1, 0.15) is 5.70 Å². The van der Waals surface area contributed by atoms with Gasteiger partial charge in [-0.3, -0.25) is 4.79 Å². The number of nitrogens with zero attached hydrogens (tertiary/aromatic N) is 3. The number of amides is 1. The molecule has 0 spiro atoms. The van der Waals surface area contributed by atoms with Crippen molar-refractivity contribution in [3.63, 3.8) is 0 Å². The predicted octanol–water partition coefficient (Wildman–Crippen LogP) is 3.22. The van der Waals surface area contributed by atoms with Gasteiger partial charge in [0.05, 0.1) is 18.0 Å².